The Balaban J connectivity index is 1.91. The molecule has 1 heterocycles. The van der Waals surface area contributed by atoms with Gasteiger partial charge in [0.2, 0.25) is 0 Å². The van der Waals surface area contributed by atoms with Gasteiger partial charge >= 0.3 is 6.09 Å². The molecule has 1 atom stereocenters. The number of anilines is 1. The summed E-state index contributed by atoms with van der Waals surface area (Å²) in [6.45, 7) is 6.92. The van der Waals surface area contributed by atoms with Crippen LogP contribution < -0.4 is 4.90 Å². The summed E-state index contributed by atoms with van der Waals surface area (Å²) < 4.78 is 5.30. The molecule has 0 aromatic heterocycles. The van der Waals surface area contributed by atoms with E-state index in [-0.39, 0.29) is 12.1 Å². The summed E-state index contributed by atoms with van der Waals surface area (Å²) in [6, 6.07) is 7.97. The predicted molar refractivity (Wildman–Crippen MR) is 86.1 cm³/mol. The molecule has 1 fully saturated rings. The Kier molecular flexibility index (Phi) is 5.74. The Morgan fingerprint density at radius 3 is 2.90 bits per heavy atom. The Hall–Kier alpha value is -1.42. The van der Waals surface area contributed by atoms with Gasteiger partial charge in [-0.25, -0.2) is 4.79 Å². The molecule has 21 heavy (non-hydrogen) atoms. The molecule has 1 aromatic carbocycles. The number of hydrogen-bond donors (Lipinski definition) is 0. The van der Waals surface area contributed by atoms with Crippen LogP contribution in [0.4, 0.5) is 10.5 Å². The number of ether oxygens (including phenoxy) is 1. The first-order valence-corrected chi connectivity index (χ1v) is 7.93. The number of halogens is 1. The zero-order chi connectivity index (χ0) is 15.2. The zero-order valence-corrected chi connectivity index (χ0v) is 13.5. The maximum absolute atomic E-state index is 12.0. The molecular formula is C16H23ClN2O2. The number of unbranched alkanes of at least 4 members (excludes halogenated alkanes) is 1. The van der Waals surface area contributed by atoms with Crippen LogP contribution in [-0.2, 0) is 4.74 Å². The summed E-state index contributed by atoms with van der Waals surface area (Å²) >= 11 is 6.04. The average Bonchev–Trinajstić information content (AvgIpc) is 2.47. The van der Waals surface area contributed by atoms with E-state index >= 15 is 0 Å². The van der Waals surface area contributed by atoms with Crippen LogP contribution in [-0.4, -0.2) is 43.3 Å². The molecule has 0 spiro atoms. The third kappa shape index (κ3) is 4.27. The van der Waals surface area contributed by atoms with Crippen LogP contribution >= 0.6 is 11.6 Å². The van der Waals surface area contributed by atoms with Crippen LogP contribution in [0.3, 0.4) is 0 Å². The van der Waals surface area contributed by atoms with Gasteiger partial charge in [-0.15, -0.1) is 0 Å². The van der Waals surface area contributed by atoms with Gasteiger partial charge in [-0.05, 0) is 31.5 Å². The van der Waals surface area contributed by atoms with Crippen molar-refractivity contribution in [3.05, 3.63) is 29.3 Å². The minimum Gasteiger partial charge on any atom is -0.449 e. The number of carbonyl (C=O) groups excluding carboxylic acids is 1. The average molecular weight is 311 g/mol. The van der Waals surface area contributed by atoms with Gasteiger partial charge < -0.3 is 14.5 Å². The number of carbonyl (C=O) groups is 1. The monoisotopic (exact) mass is 310 g/mol. The molecule has 0 aliphatic carbocycles. The highest BCUT2D eigenvalue weighted by atomic mass is 35.5. The van der Waals surface area contributed by atoms with Crippen LogP contribution in [0.2, 0.25) is 5.02 Å². The molecule has 0 radical (unpaired) electrons. The quantitative estimate of drug-likeness (QED) is 0.793. The molecule has 2 rings (SSSR count). The normalized spacial score (nSPS) is 18.7. The third-order valence-electron chi connectivity index (χ3n) is 3.76. The first-order chi connectivity index (χ1) is 10.1. The van der Waals surface area contributed by atoms with E-state index < -0.39 is 0 Å². The fourth-order valence-corrected chi connectivity index (χ4v) is 2.71. The summed E-state index contributed by atoms with van der Waals surface area (Å²) in [5, 5.41) is 0.738. The van der Waals surface area contributed by atoms with E-state index in [0.29, 0.717) is 13.2 Å². The lowest BCUT2D eigenvalue weighted by molar-refractivity contribution is 0.0840. The second-order valence-electron chi connectivity index (χ2n) is 5.44. The van der Waals surface area contributed by atoms with E-state index in [1.54, 1.807) is 0 Å². The molecule has 5 heteroatoms. The molecule has 1 aromatic rings. The molecule has 4 nitrogen and oxygen atoms in total. The zero-order valence-electron chi connectivity index (χ0n) is 12.7. The number of rotatable bonds is 4. The molecule has 1 aliphatic rings. The van der Waals surface area contributed by atoms with Crippen molar-refractivity contribution < 1.29 is 9.53 Å². The Morgan fingerprint density at radius 2 is 2.24 bits per heavy atom. The standard InChI is InChI=1S/C16H23ClN2O2/c1-3-4-10-21-16(20)19-9-8-18(12-13(19)2)15-7-5-6-14(17)11-15/h5-7,11,13H,3-4,8-10,12H2,1-2H3/t13-/m0/s1. The fourth-order valence-electron chi connectivity index (χ4n) is 2.52. The van der Waals surface area contributed by atoms with E-state index in [1.165, 1.54) is 0 Å². The van der Waals surface area contributed by atoms with E-state index in [2.05, 4.69) is 18.7 Å². The summed E-state index contributed by atoms with van der Waals surface area (Å²) in [5.74, 6) is 0. The van der Waals surface area contributed by atoms with Gasteiger partial charge in [-0.3, -0.25) is 0 Å². The van der Waals surface area contributed by atoms with E-state index in [1.807, 2.05) is 29.2 Å². The molecule has 116 valence electrons. The van der Waals surface area contributed by atoms with Crippen LogP contribution in [0, 0.1) is 0 Å². The van der Waals surface area contributed by atoms with Crippen molar-refractivity contribution in [1.29, 1.82) is 0 Å². The highest BCUT2D eigenvalue weighted by Gasteiger charge is 2.28. The minimum absolute atomic E-state index is 0.131. The van der Waals surface area contributed by atoms with Gasteiger partial charge in [0.15, 0.2) is 0 Å². The molecule has 0 unspecified atom stereocenters. The predicted octanol–water partition coefficient (Wildman–Crippen LogP) is 3.79. The lowest BCUT2D eigenvalue weighted by atomic mass is 10.1. The topological polar surface area (TPSA) is 32.8 Å². The SMILES string of the molecule is CCCCOC(=O)N1CCN(c2cccc(Cl)c2)C[C@@H]1C. The summed E-state index contributed by atoms with van der Waals surface area (Å²) in [5.41, 5.74) is 1.10. The minimum atomic E-state index is -0.193. The fraction of sp³-hybridized carbons (Fsp3) is 0.562. The number of nitrogens with zero attached hydrogens (tertiary/aromatic N) is 2. The molecule has 1 saturated heterocycles. The van der Waals surface area contributed by atoms with E-state index in [4.69, 9.17) is 16.3 Å². The van der Waals surface area contributed by atoms with Crippen molar-refractivity contribution in [2.75, 3.05) is 31.1 Å². The maximum Gasteiger partial charge on any atom is 0.410 e. The van der Waals surface area contributed by atoms with Crippen molar-refractivity contribution >= 4 is 23.4 Å². The first-order valence-electron chi connectivity index (χ1n) is 7.55. The Morgan fingerprint density at radius 1 is 1.43 bits per heavy atom. The van der Waals surface area contributed by atoms with Crippen molar-refractivity contribution in [2.45, 2.75) is 32.7 Å². The molecule has 1 aliphatic heterocycles. The van der Waals surface area contributed by atoms with Gasteiger partial charge in [-0.1, -0.05) is 31.0 Å². The van der Waals surface area contributed by atoms with E-state index in [9.17, 15) is 4.79 Å². The Labute approximate surface area is 131 Å². The van der Waals surface area contributed by atoms with Crippen LogP contribution in [0.15, 0.2) is 24.3 Å². The highest BCUT2D eigenvalue weighted by molar-refractivity contribution is 6.30. The van der Waals surface area contributed by atoms with Gasteiger partial charge in [0, 0.05) is 36.4 Å². The summed E-state index contributed by atoms with van der Waals surface area (Å²) in [6.07, 6.45) is 1.76. The number of piperazine rings is 1. The van der Waals surface area contributed by atoms with E-state index in [0.717, 1.165) is 36.6 Å². The van der Waals surface area contributed by atoms with Gasteiger partial charge in [0.25, 0.3) is 0 Å². The number of hydrogen-bond acceptors (Lipinski definition) is 3. The lowest BCUT2D eigenvalue weighted by Crippen LogP contribution is -2.54. The maximum atomic E-state index is 12.0. The Bertz CT molecular complexity index is 481. The smallest absolute Gasteiger partial charge is 0.410 e. The van der Waals surface area contributed by atoms with Crippen LogP contribution in [0.1, 0.15) is 26.7 Å². The first kappa shape index (κ1) is 16.0. The van der Waals surface area contributed by atoms with Crippen molar-refractivity contribution in [1.82, 2.24) is 4.90 Å². The summed E-state index contributed by atoms with van der Waals surface area (Å²) in [4.78, 5) is 16.1. The van der Waals surface area contributed by atoms with Crippen molar-refractivity contribution in [2.24, 2.45) is 0 Å². The molecule has 0 saturated carbocycles. The molecule has 1 amide bonds. The lowest BCUT2D eigenvalue weighted by Gasteiger charge is -2.40. The van der Waals surface area contributed by atoms with Crippen LogP contribution in [0.25, 0.3) is 0 Å². The molecular weight excluding hydrogens is 288 g/mol. The number of amides is 1. The second-order valence-corrected chi connectivity index (χ2v) is 5.87. The van der Waals surface area contributed by atoms with Crippen LogP contribution in [0.5, 0.6) is 0 Å². The molecule has 0 N–H and O–H groups in total. The van der Waals surface area contributed by atoms with Crippen molar-refractivity contribution in [3.63, 3.8) is 0 Å². The largest absolute Gasteiger partial charge is 0.449 e. The van der Waals surface area contributed by atoms with Gasteiger partial charge in [-0.2, -0.15) is 0 Å². The number of benzene rings is 1. The summed E-state index contributed by atoms with van der Waals surface area (Å²) in [7, 11) is 0. The third-order valence-corrected chi connectivity index (χ3v) is 3.99. The molecule has 0 bridgehead atoms. The van der Waals surface area contributed by atoms with Crippen molar-refractivity contribution in [3.8, 4) is 0 Å². The van der Waals surface area contributed by atoms with Gasteiger partial charge in [0.1, 0.15) is 0 Å². The second kappa shape index (κ2) is 7.55. The highest BCUT2D eigenvalue weighted by Crippen LogP contribution is 2.22. The van der Waals surface area contributed by atoms with Gasteiger partial charge in [0.05, 0.1) is 6.61 Å².